The van der Waals surface area contributed by atoms with Crippen LogP contribution in [-0.4, -0.2) is 34.1 Å². The highest BCUT2D eigenvalue weighted by molar-refractivity contribution is 7.90. The second kappa shape index (κ2) is 6.20. The molecule has 24 heavy (non-hydrogen) atoms. The number of nitrogens with zero attached hydrogens (tertiary/aromatic N) is 4. The van der Waals surface area contributed by atoms with Gasteiger partial charge < -0.3 is 0 Å². The fourth-order valence-corrected chi connectivity index (χ4v) is 2.89. The van der Waals surface area contributed by atoms with Crippen LogP contribution >= 0.6 is 0 Å². The first-order valence-electron chi connectivity index (χ1n) is 6.91. The fourth-order valence-electron chi connectivity index (χ4n) is 1.93. The van der Waals surface area contributed by atoms with Crippen LogP contribution in [0.3, 0.4) is 0 Å². The quantitative estimate of drug-likeness (QED) is 0.760. The van der Waals surface area contributed by atoms with Gasteiger partial charge in [0.1, 0.15) is 5.69 Å². The zero-order chi connectivity index (χ0) is 17.2. The van der Waals surface area contributed by atoms with Crippen molar-refractivity contribution in [1.82, 2.24) is 24.5 Å². The summed E-state index contributed by atoms with van der Waals surface area (Å²) in [5, 5.41) is 3.98. The molecule has 0 radical (unpaired) electrons. The van der Waals surface area contributed by atoms with Crippen molar-refractivity contribution < 1.29 is 13.2 Å². The Labute approximate surface area is 138 Å². The molecule has 8 nitrogen and oxygen atoms in total. The molecule has 3 aromatic rings. The van der Waals surface area contributed by atoms with Crippen LogP contribution in [0.5, 0.6) is 0 Å². The number of sulfonamides is 1. The van der Waals surface area contributed by atoms with E-state index in [-0.39, 0.29) is 10.6 Å². The van der Waals surface area contributed by atoms with E-state index >= 15 is 0 Å². The summed E-state index contributed by atoms with van der Waals surface area (Å²) >= 11 is 0. The lowest BCUT2D eigenvalue weighted by molar-refractivity contribution is 0.0976. The summed E-state index contributed by atoms with van der Waals surface area (Å²) in [5.74, 6) is -0.558. The van der Waals surface area contributed by atoms with Crippen LogP contribution in [0.4, 0.5) is 0 Å². The van der Waals surface area contributed by atoms with Crippen LogP contribution in [0.1, 0.15) is 16.1 Å². The third kappa shape index (κ3) is 3.30. The largest absolute Gasteiger partial charge is 0.285 e. The van der Waals surface area contributed by atoms with E-state index in [0.717, 1.165) is 5.56 Å². The summed E-state index contributed by atoms with van der Waals surface area (Å²) in [5.41, 5.74) is 0.789. The summed E-state index contributed by atoms with van der Waals surface area (Å²) in [7, 11) is -3.98. The summed E-state index contributed by atoms with van der Waals surface area (Å²) in [4.78, 5) is 20.2. The number of rotatable bonds is 4. The summed E-state index contributed by atoms with van der Waals surface area (Å²) < 4.78 is 27.9. The maximum absolute atomic E-state index is 12.2. The molecule has 2 heterocycles. The lowest BCUT2D eigenvalue weighted by atomic mass is 10.2. The molecule has 122 valence electrons. The Morgan fingerprint density at radius 1 is 1.17 bits per heavy atom. The van der Waals surface area contributed by atoms with Gasteiger partial charge in [0.25, 0.3) is 15.9 Å². The molecule has 0 aliphatic rings. The monoisotopic (exact) mass is 343 g/mol. The molecule has 0 saturated carbocycles. The first kappa shape index (κ1) is 15.8. The van der Waals surface area contributed by atoms with Gasteiger partial charge in [-0.15, -0.1) is 0 Å². The Hall–Kier alpha value is -3.07. The third-order valence-corrected chi connectivity index (χ3v) is 4.50. The molecule has 0 aliphatic carbocycles. The molecule has 2 aromatic heterocycles. The standard InChI is InChI=1S/C15H13N5O3S/c1-11-3-5-12(6-4-11)24(22,23)19-15(21)13-9-16-10-14(18-13)20-8-2-7-17-20/h2-10H,1H3,(H,19,21). The molecule has 1 N–H and O–H groups in total. The summed E-state index contributed by atoms with van der Waals surface area (Å²) in [6.07, 6.45) is 5.79. The van der Waals surface area contributed by atoms with Crippen LogP contribution in [0, 0.1) is 6.92 Å². The highest BCUT2D eigenvalue weighted by atomic mass is 32.2. The van der Waals surface area contributed by atoms with Gasteiger partial charge in [0.2, 0.25) is 0 Å². The highest BCUT2D eigenvalue weighted by Gasteiger charge is 2.20. The molecule has 0 bridgehead atoms. The van der Waals surface area contributed by atoms with Gasteiger partial charge in [-0.3, -0.25) is 9.78 Å². The third-order valence-electron chi connectivity index (χ3n) is 3.15. The topological polar surface area (TPSA) is 107 Å². The Morgan fingerprint density at radius 3 is 2.58 bits per heavy atom. The number of aryl methyl sites for hydroxylation is 1. The zero-order valence-electron chi connectivity index (χ0n) is 12.6. The van der Waals surface area contributed by atoms with Gasteiger partial charge in [-0.1, -0.05) is 17.7 Å². The molecule has 0 fully saturated rings. The molecule has 3 rings (SSSR count). The van der Waals surface area contributed by atoms with Crippen molar-refractivity contribution in [2.24, 2.45) is 0 Å². The van der Waals surface area contributed by atoms with E-state index in [1.165, 1.54) is 29.2 Å². The summed E-state index contributed by atoms with van der Waals surface area (Å²) in [6.45, 7) is 1.84. The van der Waals surface area contributed by atoms with Gasteiger partial charge >= 0.3 is 0 Å². The van der Waals surface area contributed by atoms with Crippen LogP contribution in [0.2, 0.25) is 0 Å². The Morgan fingerprint density at radius 2 is 1.92 bits per heavy atom. The number of hydrogen-bond acceptors (Lipinski definition) is 6. The maximum atomic E-state index is 12.2. The van der Waals surface area contributed by atoms with E-state index < -0.39 is 15.9 Å². The number of carbonyl (C=O) groups is 1. The Kier molecular flexibility index (Phi) is 4.09. The van der Waals surface area contributed by atoms with Crippen LogP contribution in [0.25, 0.3) is 5.82 Å². The number of carbonyl (C=O) groups excluding carboxylic acids is 1. The molecule has 9 heteroatoms. The lowest BCUT2D eigenvalue weighted by Crippen LogP contribution is -2.31. The maximum Gasteiger partial charge on any atom is 0.285 e. The zero-order valence-corrected chi connectivity index (χ0v) is 13.4. The van der Waals surface area contributed by atoms with Crippen molar-refractivity contribution in [3.05, 3.63) is 66.4 Å². The van der Waals surface area contributed by atoms with Crippen LogP contribution < -0.4 is 4.72 Å². The minimum atomic E-state index is -3.98. The lowest BCUT2D eigenvalue weighted by Gasteiger charge is -2.07. The van der Waals surface area contributed by atoms with Gasteiger partial charge in [-0.2, -0.15) is 5.10 Å². The Bertz CT molecular complexity index is 967. The van der Waals surface area contributed by atoms with Crippen molar-refractivity contribution in [2.75, 3.05) is 0 Å². The van der Waals surface area contributed by atoms with E-state index in [4.69, 9.17) is 0 Å². The normalized spacial score (nSPS) is 11.2. The smallest absolute Gasteiger partial charge is 0.266 e. The van der Waals surface area contributed by atoms with Crippen molar-refractivity contribution in [3.63, 3.8) is 0 Å². The van der Waals surface area contributed by atoms with Crippen molar-refractivity contribution in [2.45, 2.75) is 11.8 Å². The van der Waals surface area contributed by atoms with Gasteiger partial charge in [-0.25, -0.2) is 22.8 Å². The molecule has 0 atom stereocenters. The predicted molar refractivity (Wildman–Crippen MR) is 85.0 cm³/mol. The van der Waals surface area contributed by atoms with Crippen LogP contribution in [-0.2, 0) is 10.0 Å². The van der Waals surface area contributed by atoms with Crippen molar-refractivity contribution in [1.29, 1.82) is 0 Å². The molecule has 1 amide bonds. The summed E-state index contributed by atoms with van der Waals surface area (Å²) in [6, 6.07) is 7.85. The van der Waals surface area contributed by atoms with Gasteiger partial charge in [-0.05, 0) is 25.1 Å². The number of benzene rings is 1. The number of aromatic nitrogens is 4. The molecule has 0 spiro atoms. The molecule has 0 aliphatic heterocycles. The van der Waals surface area contributed by atoms with Gasteiger partial charge in [0.05, 0.1) is 17.3 Å². The second-order valence-electron chi connectivity index (χ2n) is 4.96. The minimum Gasteiger partial charge on any atom is -0.266 e. The van der Waals surface area contributed by atoms with Gasteiger partial charge in [0.15, 0.2) is 5.82 Å². The highest BCUT2D eigenvalue weighted by Crippen LogP contribution is 2.11. The van der Waals surface area contributed by atoms with Gasteiger partial charge in [0, 0.05) is 12.4 Å². The molecule has 1 aromatic carbocycles. The Balaban J connectivity index is 1.85. The van der Waals surface area contributed by atoms with E-state index in [9.17, 15) is 13.2 Å². The van der Waals surface area contributed by atoms with Crippen molar-refractivity contribution in [3.8, 4) is 5.82 Å². The van der Waals surface area contributed by atoms with E-state index in [2.05, 4.69) is 15.1 Å². The molecule has 0 saturated heterocycles. The predicted octanol–water partition coefficient (Wildman–Crippen LogP) is 1.09. The average Bonchev–Trinajstić information content (AvgIpc) is 3.09. The van der Waals surface area contributed by atoms with Crippen LogP contribution in [0.15, 0.2) is 60.0 Å². The first-order chi connectivity index (χ1) is 11.5. The fraction of sp³-hybridized carbons (Fsp3) is 0.0667. The first-order valence-corrected chi connectivity index (χ1v) is 8.40. The minimum absolute atomic E-state index is 0.00219. The number of nitrogens with one attached hydrogen (secondary N) is 1. The van der Waals surface area contributed by atoms with E-state index in [1.54, 1.807) is 30.6 Å². The second-order valence-corrected chi connectivity index (χ2v) is 6.64. The van der Waals surface area contributed by atoms with Crippen molar-refractivity contribution >= 4 is 15.9 Å². The number of amides is 1. The molecular weight excluding hydrogens is 330 g/mol. The SMILES string of the molecule is Cc1ccc(S(=O)(=O)NC(=O)c2cncc(-n3cccn3)n2)cc1. The number of hydrogen-bond donors (Lipinski definition) is 1. The van der Waals surface area contributed by atoms with E-state index in [1.807, 2.05) is 11.6 Å². The average molecular weight is 343 g/mol. The van der Waals surface area contributed by atoms with E-state index in [0.29, 0.717) is 5.82 Å². The molecular formula is C15H13N5O3S. The molecule has 0 unspecified atom stereocenters.